The van der Waals surface area contributed by atoms with Crippen LogP contribution in [0.25, 0.3) is 0 Å². The van der Waals surface area contributed by atoms with Crippen molar-refractivity contribution < 1.29 is 14.2 Å². The Bertz CT molecular complexity index is 366. The van der Waals surface area contributed by atoms with E-state index in [-0.39, 0.29) is 11.3 Å². The Morgan fingerprint density at radius 3 is 2.76 bits per heavy atom. The highest BCUT2D eigenvalue weighted by Gasteiger charge is 2.27. The van der Waals surface area contributed by atoms with Crippen molar-refractivity contribution in [1.29, 1.82) is 0 Å². The molecule has 1 unspecified atom stereocenters. The van der Waals surface area contributed by atoms with Crippen molar-refractivity contribution in [3.8, 4) is 5.75 Å². The third-order valence-corrected chi connectivity index (χ3v) is 2.66. The molecule has 3 nitrogen and oxygen atoms in total. The maximum atomic E-state index is 14.0. The van der Waals surface area contributed by atoms with E-state index in [1.54, 1.807) is 19.1 Å². The second kappa shape index (κ2) is 5.98. The van der Waals surface area contributed by atoms with Gasteiger partial charge in [-0.25, -0.2) is 4.39 Å². The van der Waals surface area contributed by atoms with E-state index in [1.807, 2.05) is 6.92 Å². The lowest BCUT2D eigenvalue weighted by Crippen LogP contribution is -2.36. The number of rotatable bonds is 6. The van der Waals surface area contributed by atoms with Crippen LogP contribution in [0.2, 0.25) is 0 Å². The molecule has 1 atom stereocenters. The van der Waals surface area contributed by atoms with Crippen LogP contribution in [0, 0.1) is 5.82 Å². The average molecular weight is 241 g/mol. The highest BCUT2D eigenvalue weighted by atomic mass is 19.1. The van der Waals surface area contributed by atoms with Gasteiger partial charge in [-0.05, 0) is 26.0 Å². The maximum Gasteiger partial charge on any atom is 0.171 e. The molecular formula is C13H20FNO2. The van der Waals surface area contributed by atoms with Gasteiger partial charge in [0.05, 0.1) is 7.11 Å². The first-order valence-corrected chi connectivity index (χ1v) is 5.79. The Hall–Kier alpha value is -1.13. The van der Waals surface area contributed by atoms with Crippen LogP contribution in [0.15, 0.2) is 18.2 Å². The van der Waals surface area contributed by atoms with E-state index in [0.717, 1.165) is 13.0 Å². The predicted octanol–water partition coefficient (Wildman–Crippen LogP) is 2.04. The fourth-order valence-corrected chi connectivity index (χ4v) is 1.69. The van der Waals surface area contributed by atoms with Gasteiger partial charge in [0.25, 0.3) is 0 Å². The third kappa shape index (κ3) is 3.41. The largest absolute Gasteiger partial charge is 0.494 e. The summed E-state index contributed by atoms with van der Waals surface area (Å²) in [5.41, 5.74) is -0.992. The van der Waals surface area contributed by atoms with Gasteiger partial charge < -0.3 is 15.2 Å². The van der Waals surface area contributed by atoms with Crippen molar-refractivity contribution in [1.82, 2.24) is 5.32 Å². The van der Waals surface area contributed by atoms with Crippen molar-refractivity contribution in [2.45, 2.75) is 25.9 Å². The fourth-order valence-electron chi connectivity index (χ4n) is 1.69. The lowest BCUT2D eigenvalue weighted by atomic mass is 9.95. The minimum absolute atomic E-state index is 0.151. The van der Waals surface area contributed by atoms with Crippen LogP contribution in [0.4, 0.5) is 4.39 Å². The lowest BCUT2D eigenvalue weighted by Gasteiger charge is -2.25. The van der Waals surface area contributed by atoms with Crippen molar-refractivity contribution >= 4 is 0 Å². The number of hydrogen-bond acceptors (Lipinski definition) is 3. The summed E-state index contributed by atoms with van der Waals surface area (Å²) in [6.07, 6.45) is 0.969. The number of benzene rings is 1. The predicted molar refractivity (Wildman–Crippen MR) is 65.7 cm³/mol. The summed E-state index contributed by atoms with van der Waals surface area (Å²) in [5.74, 6) is -0.350. The van der Waals surface area contributed by atoms with Gasteiger partial charge in [0.1, 0.15) is 5.60 Å². The molecule has 0 fully saturated rings. The molecule has 1 rings (SSSR count). The molecule has 0 heterocycles. The Labute approximate surface area is 102 Å². The van der Waals surface area contributed by atoms with Gasteiger partial charge in [-0.15, -0.1) is 0 Å². The van der Waals surface area contributed by atoms with E-state index < -0.39 is 11.4 Å². The molecule has 4 heteroatoms. The van der Waals surface area contributed by atoms with Crippen molar-refractivity contribution in [3.63, 3.8) is 0 Å². The van der Waals surface area contributed by atoms with Crippen LogP contribution in [0.3, 0.4) is 0 Å². The molecule has 0 amide bonds. The fraction of sp³-hybridized carbons (Fsp3) is 0.538. The van der Waals surface area contributed by atoms with Gasteiger partial charge in [0.15, 0.2) is 11.6 Å². The number of methoxy groups -OCH3 is 1. The number of halogens is 1. The Balaban J connectivity index is 2.89. The van der Waals surface area contributed by atoms with E-state index in [2.05, 4.69) is 5.32 Å². The van der Waals surface area contributed by atoms with E-state index >= 15 is 0 Å². The summed E-state index contributed by atoms with van der Waals surface area (Å²) in [5, 5.41) is 13.3. The van der Waals surface area contributed by atoms with E-state index in [0.29, 0.717) is 6.54 Å². The molecule has 17 heavy (non-hydrogen) atoms. The van der Waals surface area contributed by atoms with Crippen LogP contribution >= 0.6 is 0 Å². The topological polar surface area (TPSA) is 41.5 Å². The molecule has 0 saturated carbocycles. The van der Waals surface area contributed by atoms with Gasteiger partial charge in [-0.3, -0.25) is 0 Å². The highest BCUT2D eigenvalue weighted by Crippen LogP contribution is 2.28. The first kappa shape index (κ1) is 13.9. The lowest BCUT2D eigenvalue weighted by molar-refractivity contribution is 0.0530. The van der Waals surface area contributed by atoms with Crippen molar-refractivity contribution in [2.75, 3.05) is 20.2 Å². The minimum Gasteiger partial charge on any atom is -0.494 e. The quantitative estimate of drug-likeness (QED) is 0.749. The Kier molecular flexibility index (Phi) is 4.90. The summed E-state index contributed by atoms with van der Waals surface area (Å²) in [7, 11) is 1.41. The van der Waals surface area contributed by atoms with Gasteiger partial charge >= 0.3 is 0 Å². The van der Waals surface area contributed by atoms with E-state index in [9.17, 15) is 9.50 Å². The Morgan fingerprint density at radius 2 is 2.18 bits per heavy atom. The first-order valence-electron chi connectivity index (χ1n) is 5.79. The Morgan fingerprint density at radius 1 is 1.47 bits per heavy atom. The van der Waals surface area contributed by atoms with Gasteiger partial charge in [-0.2, -0.15) is 0 Å². The van der Waals surface area contributed by atoms with E-state index in [4.69, 9.17) is 4.74 Å². The zero-order valence-corrected chi connectivity index (χ0v) is 10.6. The first-order chi connectivity index (χ1) is 8.03. The molecule has 0 spiro atoms. The molecule has 0 aliphatic rings. The van der Waals surface area contributed by atoms with Crippen LogP contribution in [0.5, 0.6) is 5.75 Å². The minimum atomic E-state index is -1.24. The number of ether oxygens (including phenoxy) is 1. The third-order valence-electron chi connectivity index (χ3n) is 2.66. The number of aliphatic hydroxyl groups is 1. The van der Waals surface area contributed by atoms with Gasteiger partial charge in [0, 0.05) is 12.1 Å². The summed E-state index contributed by atoms with van der Waals surface area (Å²) in [6.45, 7) is 4.73. The molecule has 0 aromatic heterocycles. The summed E-state index contributed by atoms with van der Waals surface area (Å²) >= 11 is 0. The van der Waals surface area contributed by atoms with Crippen LogP contribution in [-0.2, 0) is 5.60 Å². The molecule has 1 aromatic carbocycles. The smallest absolute Gasteiger partial charge is 0.171 e. The van der Waals surface area contributed by atoms with Crippen LogP contribution in [0.1, 0.15) is 25.8 Å². The molecule has 0 saturated heterocycles. The summed E-state index contributed by atoms with van der Waals surface area (Å²) in [4.78, 5) is 0. The van der Waals surface area contributed by atoms with E-state index in [1.165, 1.54) is 13.2 Å². The molecule has 0 radical (unpaired) electrons. The van der Waals surface area contributed by atoms with Crippen molar-refractivity contribution in [3.05, 3.63) is 29.6 Å². The van der Waals surface area contributed by atoms with Crippen LogP contribution in [-0.4, -0.2) is 25.3 Å². The summed E-state index contributed by atoms with van der Waals surface area (Å²) < 4.78 is 18.9. The summed E-state index contributed by atoms with van der Waals surface area (Å²) in [6, 6.07) is 4.78. The monoisotopic (exact) mass is 241 g/mol. The normalized spacial score (nSPS) is 14.4. The number of nitrogens with one attached hydrogen (secondary N) is 1. The second-order valence-corrected chi connectivity index (χ2v) is 4.27. The zero-order valence-electron chi connectivity index (χ0n) is 10.6. The molecule has 0 aliphatic heterocycles. The van der Waals surface area contributed by atoms with Crippen LogP contribution < -0.4 is 10.1 Å². The van der Waals surface area contributed by atoms with Gasteiger partial charge in [-0.1, -0.05) is 19.1 Å². The molecule has 2 N–H and O–H groups in total. The maximum absolute atomic E-state index is 14.0. The second-order valence-electron chi connectivity index (χ2n) is 4.27. The molecule has 1 aromatic rings. The standard InChI is InChI=1S/C13H20FNO2/c1-4-8-15-9-13(2,16)10-6-5-7-11(17-3)12(10)14/h5-7,15-16H,4,8-9H2,1-3H3. The zero-order chi connectivity index (χ0) is 12.9. The molecular weight excluding hydrogens is 221 g/mol. The molecule has 0 aliphatic carbocycles. The number of hydrogen-bond donors (Lipinski definition) is 2. The van der Waals surface area contributed by atoms with Crippen molar-refractivity contribution in [2.24, 2.45) is 0 Å². The molecule has 0 bridgehead atoms. The average Bonchev–Trinajstić information content (AvgIpc) is 2.29. The highest BCUT2D eigenvalue weighted by molar-refractivity contribution is 5.34. The SMILES string of the molecule is CCCNCC(C)(O)c1cccc(OC)c1F. The van der Waals surface area contributed by atoms with Gasteiger partial charge in [0.2, 0.25) is 0 Å². The molecule has 96 valence electrons.